The van der Waals surface area contributed by atoms with Crippen LogP contribution in [0.2, 0.25) is 0 Å². The van der Waals surface area contributed by atoms with Gasteiger partial charge in [0.1, 0.15) is 5.40 Å². The number of anilines is 1. The number of ether oxygens (including phenoxy) is 1. The van der Waals surface area contributed by atoms with Gasteiger partial charge in [0.05, 0.1) is 18.8 Å². The summed E-state index contributed by atoms with van der Waals surface area (Å²) < 4.78 is 4.92. The van der Waals surface area contributed by atoms with E-state index in [1.807, 2.05) is 10.8 Å². The molecule has 0 aliphatic carbocycles. The van der Waals surface area contributed by atoms with Crippen molar-refractivity contribution >= 4 is 39.4 Å². The van der Waals surface area contributed by atoms with E-state index in [1.165, 1.54) is 11.3 Å². The topological polar surface area (TPSA) is 121 Å². The van der Waals surface area contributed by atoms with Crippen molar-refractivity contribution < 1.29 is 4.74 Å². The van der Waals surface area contributed by atoms with E-state index in [1.54, 1.807) is 14.2 Å². The van der Waals surface area contributed by atoms with E-state index in [9.17, 15) is 0 Å². The normalized spacial score (nSPS) is 12.0. The number of guanidine groups is 1. The summed E-state index contributed by atoms with van der Waals surface area (Å²) in [4.78, 5) is 12.6. The summed E-state index contributed by atoms with van der Waals surface area (Å²) in [6.07, 6.45) is 4.11. The number of amidine groups is 1. The lowest BCUT2D eigenvalue weighted by Gasteiger charge is -2.04. The number of nitrogens with zero attached hydrogens (tertiary/aromatic N) is 4. The third-order valence-electron chi connectivity index (χ3n) is 3.10. The Balaban J connectivity index is 2.19. The number of thiocyanates is 1. The van der Waals surface area contributed by atoms with Crippen LogP contribution in [0.25, 0.3) is 0 Å². The van der Waals surface area contributed by atoms with Crippen LogP contribution in [0.4, 0.5) is 5.13 Å². The smallest absolute Gasteiger partial charge is 0.195 e. The van der Waals surface area contributed by atoms with Gasteiger partial charge in [0.2, 0.25) is 0 Å². The SMILES string of the molecule is CN=C(NCCCCCc1csc(NC(N)=NCCOC)n1)SC#N. The number of hydrogen-bond acceptors (Lipinski definition) is 7. The molecule has 0 radical (unpaired) electrons. The van der Waals surface area contributed by atoms with E-state index >= 15 is 0 Å². The van der Waals surface area contributed by atoms with Crippen molar-refractivity contribution in [2.45, 2.75) is 25.7 Å². The highest BCUT2D eigenvalue weighted by molar-refractivity contribution is 8.17. The Labute approximate surface area is 157 Å². The van der Waals surface area contributed by atoms with E-state index in [0.29, 0.717) is 24.3 Å². The summed E-state index contributed by atoms with van der Waals surface area (Å²) in [5.41, 5.74) is 6.84. The number of unbranched alkanes of at least 4 members (excludes halogenated alkanes) is 2. The van der Waals surface area contributed by atoms with Crippen molar-refractivity contribution in [3.05, 3.63) is 11.1 Å². The van der Waals surface area contributed by atoms with Crippen LogP contribution >= 0.6 is 23.1 Å². The lowest BCUT2D eigenvalue weighted by Crippen LogP contribution is -2.23. The van der Waals surface area contributed by atoms with E-state index in [0.717, 1.165) is 54.8 Å². The van der Waals surface area contributed by atoms with E-state index in [-0.39, 0.29) is 0 Å². The molecule has 0 unspecified atom stereocenters. The molecule has 0 aromatic carbocycles. The van der Waals surface area contributed by atoms with Crippen molar-refractivity contribution in [2.75, 3.05) is 39.2 Å². The largest absolute Gasteiger partial charge is 0.383 e. The monoisotopic (exact) mass is 383 g/mol. The number of rotatable bonds is 10. The maximum atomic E-state index is 8.61. The van der Waals surface area contributed by atoms with Gasteiger partial charge in [0.15, 0.2) is 16.3 Å². The summed E-state index contributed by atoms with van der Waals surface area (Å²) >= 11 is 2.57. The standard InChI is InChI=1S/C15H25N7OS2/c1-18-14(25-11-16)20-7-5-3-4-6-12-10-24-15(21-12)22-13(17)19-8-9-23-2/h10H,3-9H2,1-2H3,(H,18,20)(H3,17,19,21,22). The number of thiazole rings is 1. The zero-order valence-corrected chi connectivity index (χ0v) is 16.3. The van der Waals surface area contributed by atoms with Crippen LogP contribution in [0.15, 0.2) is 15.4 Å². The first kappa shape index (κ1) is 21.2. The van der Waals surface area contributed by atoms with Crippen molar-refractivity contribution in [3.8, 4) is 5.40 Å². The minimum absolute atomic E-state index is 0.354. The number of thioether (sulfide) groups is 1. The summed E-state index contributed by atoms with van der Waals surface area (Å²) in [6, 6.07) is 0. The fourth-order valence-electron chi connectivity index (χ4n) is 1.89. The second-order valence-corrected chi connectivity index (χ2v) is 6.62. The molecular weight excluding hydrogens is 358 g/mol. The first-order chi connectivity index (χ1) is 12.2. The van der Waals surface area contributed by atoms with Crippen LogP contribution in [-0.2, 0) is 11.2 Å². The van der Waals surface area contributed by atoms with E-state index < -0.39 is 0 Å². The highest BCUT2D eigenvalue weighted by Gasteiger charge is 2.03. The van der Waals surface area contributed by atoms with Crippen LogP contribution in [0.1, 0.15) is 25.0 Å². The highest BCUT2D eigenvalue weighted by atomic mass is 32.2. The first-order valence-corrected chi connectivity index (χ1v) is 9.66. The van der Waals surface area contributed by atoms with Gasteiger partial charge < -0.3 is 21.1 Å². The van der Waals surface area contributed by atoms with Crippen molar-refractivity contribution in [1.82, 2.24) is 10.3 Å². The van der Waals surface area contributed by atoms with Gasteiger partial charge in [-0.05, 0) is 19.3 Å². The van der Waals surface area contributed by atoms with Gasteiger partial charge in [-0.25, -0.2) is 4.98 Å². The Morgan fingerprint density at radius 3 is 3.04 bits per heavy atom. The molecule has 1 rings (SSSR count). The molecule has 0 atom stereocenters. The van der Waals surface area contributed by atoms with Crippen molar-refractivity contribution in [2.24, 2.45) is 15.7 Å². The third-order valence-corrected chi connectivity index (χ3v) is 4.51. The Bertz CT molecular complexity index is 595. The molecule has 138 valence electrons. The van der Waals surface area contributed by atoms with Gasteiger partial charge in [-0.3, -0.25) is 9.98 Å². The van der Waals surface area contributed by atoms with Crippen molar-refractivity contribution in [3.63, 3.8) is 0 Å². The number of aryl methyl sites for hydroxylation is 1. The molecule has 0 bridgehead atoms. The van der Waals surface area contributed by atoms with Gasteiger partial charge >= 0.3 is 0 Å². The Hall–Kier alpha value is -1.83. The lowest BCUT2D eigenvalue weighted by molar-refractivity contribution is 0.208. The predicted octanol–water partition coefficient (Wildman–Crippen LogP) is 2.02. The fraction of sp³-hybridized carbons (Fsp3) is 0.600. The molecule has 0 saturated heterocycles. The number of nitrogens with one attached hydrogen (secondary N) is 2. The fourth-order valence-corrected chi connectivity index (χ4v) is 3.00. The summed E-state index contributed by atoms with van der Waals surface area (Å²) in [5.74, 6) is 0.354. The van der Waals surface area contributed by atoms with Crippen LogP contribution in [0, 0.1) is 10.7 Å². The lowest BCUT2D eigenvalue weighted by atomic mass is 10.1. The average molecular weight is 384 g/mol. The molecule has 1 heterocycles. The molecule has 1 aromatic heterocycles. The molecule has 0 aliphatic rings. The van der Waals surface area contributed by atoms with Gasteiger partial charge in [-0.1, -0.05) is 6.42 Å². The quantitative estimate of drug-likeness (QED) is 0.245. The van der Waals surface area contributed by atoms with Crippen molar-refractivity contribution in [1.29, 1.82) is 5.26 Å². The number of aliphatic imine (C=N–C) groups is 2. The number of hydrogen-bond donors (Lipinski definition) is 3. The third kappa shape index (κ3) is 9.91. The molecular formula is C15H25N7OS2. The Morgan fingerprint density at radius 1 is 1.48 bits per heavy atom. The molecule has 10 heteroatoms. The summed E-state index contributed by atoms with van der Waals surface area (Å²) in [5, 5.41) is 20.2. The molecule has 0 fully saturated rings. The van der Waals surface area contributed by atoms with Crippen LogP contribution < -0.4 is 16.4 Å². The van der Waals surface area contributed by atoms with E-state index in [4.69, 9.17) is 15.7 Å². The van der Waals surface area contributed by atoms with Crippen LogP contribution in [0.3, 0.4) is 0 Å². The number of nitrogens with two attached hydrogens (primary N) is 1. The molecule has 25 heavy (non-hydrogen) atoms. The second-order valence-electron chi connectivity index (χ2n) is 4.99. The molecule has 0 saturated carbocycles. The molecule has 0 aliphatic heterocycles. The predicted molar refractivity (Wildman–Crippen MR) is 106 cm³/mol. The first-order valence-electron chi connectivity index (χ1n) is 7.96. The zero-order valence-electron chi connectivity index (χ0n) is 14.6. The average Bonchev–Trinajstić information content (AvgIpc) is 3.04. The minimum Gasteiger partial charge on any atom is -0.383 e. The highest BCUT2D eigenvalue weighted by Crippen LogP contribution is 2.17. The molecule has 0 amide bonds. The molecule has 8 nitrogen and oxygen atoms in total. The molecule has 1 aromatic rings. The number of methoxy groups -OCH3 is 1. The summed E-state index contributed by atoms with van der Waals surface area (Å²) in [7, 11) is 3.31. The number of nitriles is 1. The van der Waals surface area contributed by atoms with E-state index in [2.05, 4.69) is 25.6 Å². The molecule has 0 spiro atoms. The summed E-state index contributed by atoms with van der Waals surface area (Å²) in [6.45, 7) is 1.89. The number of aromatic nitrogens is 1. The zero-order chi connectivity index (χ0) is 18.3. The van der Waals surface area contributed by atoms with Gasteiger partial charge in [-0.2, -0.15) is 5.26 Å². The Morgan fingerprint density at radius 2 is 2.32 bits per heavy atom. The Kier molecular flexibility index (Phi) is 11.4. The minimum atomic E-state index is 0.354. The maximum Gasteiger partial charge on any atom is 0.195 e. The second kappa shape index (κ2) is 13.5. The molecule has 4 N–H and O–H groups in total. The van der Waals surface area contributed by atoms with Gasteiger partial charge in [-0.15, -0.1) is 11.3 Å². The van der Waals surface area contributed by atoms with Crippen LogP contribution in [-0.4, -0.2) is 50.0 Å². The van der Waals surface area contributed by atoms with Gasteiger partial charge in [0, 0.05) is 37.8 Å². The van der Waals surface area contributed by atoms with Crippen LogP contribution in [0.5, 0.6) is 0 Å². The maximum absolute atomic E-state index is 8.61. The van der Waals surface area contributed by atoms with Gasteiger partial charge in [0.25, 0.3) is 0 Å².